The summed E-state index contributed by atoms with van der Waals surface area (Å²) in [6.07, 6.45) is -0.157. The summed E-state index contributed by atoms with van der Waals surface area (Å²) in [5, 5.41) is 28.8. The van der Waals surface area contributed by atoms with Gasteiger partial charge in [0, 0.05) is 29.7 Å². The van der Waals surface area contributed by atoms with E-state index >= 15 is 0 Å². The average Bonchev–Trinajstić information content (AvgIpc) is 3.55. The fourth-order valence-corrected chi connectivity index (χ4v) is 7.96. The van der Waals surface area contributed by atoms with Crippen molar-refractivity contribution >= 4 is 11.6 Å². The molecule has 1 unspecified atom stereocenters. The van der Waals surface area contributed by atoms with Gasteiger partial charge in [-0.15, -0.1) is 0 Å². The molecule has 0 saturated heterocycles. The smallest absolute Gasteiger partial charge is 0.265 e. The number of Topliss-reactive ketones (excluding diaryl/α,β-unsaturated/α-hetero) is 2. The summed E-state index contributed by atoms with van der Waals surface area (Å²) >= 11 is 0. The number of aliphatic hydroxyl groups excluding tert-OH is 1. The molecule has 0 fully saturated rings. The third kappa shape index (κ3) is 5.86. The van der Waals surface area contributed by atoms with Gasteiger partial charge in [-0.1, -0.05) is 60.7 Å². The van der Waals surface area contributed by atoms with Gasteiger partial charge in [-0.3, -0.25) is 14.5 Å². The maximum atomic E-state index is 14.9. The lowest BCUT2D eigenvalue weighted by atomic mass is 9.58. The van der Waals surface area contributed by atoms with Crippen molar-refractivity contribution in [1.82, 2.24) is 10.1 Å². The van der Waals surface area contributed by atoms with Crippen LogP contribution in [-0.4, -0.2) is 64.7 Å². The Bertz CT molecular complexity index is 2020. The van der Waals surface area contributed by atoms with Crippen LogP contribution in [0.25, 0.3) is 0 Å². The van der Waals surface area contributed by atoms with Gasteiger partial charge >= 0.3 is 0 Å². The van der Waals surface area contributed by atoms with Crippen molar-refractivity contribution in [2.75, 3.05) is 21.2 Å². The van der Waals surface area contributed by atoms with Crippen LogP contribution in [0, 0.1) is 11.8 Å². The number of ketones is 2. The van der Waals surface area contributed by atoms with E-state index in [1.54, 1.807) is 27.3 Å². The predicted molar refractivity (Wildman–Crippen MR) is 191 cm³/mol. The first-order chi connectivity index (χ1) is 24.9. The predicted octanol–water partition coefficient (Wildman–Crippen LogP) is 6.74. The molecule has 0 aliphatic heterocycles. The summed E-state index contributed by atoms with van der Waals surface area (Å²) in [5.74, 6) is -2.50. The molecule has 1 heterocycles. The minimum Gasteiger partial charge on any atom is -0.508 e. The molecule has 2 N–H and O–H groups in total. The first-order valence-corrected chi connectivity index (χ1v) is 17.6. The highest BCUT2D eigenvalue weighted by Gasteiger charge is 2.64. The van der Waals surface area contributed by atoms with Gasteiger partial charge in [0.2, 0.25) is 5.78 Å². The van der Waals surface area contributed by atoms with Gasteiger partial charge in [0.25, 0.3) is 5.88 Å². The van der Waals surface area contributed by atoms with E-state index < -0.39 is 46.9 Å². The van der Waals surface area contributed by atoms with Gasteiger partial charge in [0.1, 0.15) is 36.0 Å². The maximum absolute atomic E-state index is 14.9. The van der Waals surface area contributed by atoms with Gasteiger partial charge in [-0.05, 0) is 76.0 Å². The monoisotopic (exact) mass is 708 g/mol. The largest absolute Gasteiger partial charge is 0.508 e. The topological polar surface area (TPSA) is 141 Å². The van der Waals surface area contributed by atoms with E-state index in [-0.39, 0.29) is 60.5 Å². The second-order valence-electron chi connectivity index (χ2n) is 14.3. The molecule has 4 aromatic rings. The van der Waals surface area contributed by atoms with Crippen LogP contribution in [0.5, 0.6) is 17.4 Å². The fourth-order valence-electron chi connectivity index (χ4n) is 7.96. The number of carbonyl (C=O) groups is 2. The number of carbonyl (C=O) groups excluding carboxylic acids is 2. The maximum Gasteiger partial charge on any atom is 0.265 e. The molecule has 272 valence electrons. The molecule has 5 atom stereocenters. The van der Waals surface area contributed by atoms with Crippen molar-refractivity contribution in [2.24, 2.45) is 11.8 Å². The number of hydrogen-bond donors (Lipinski definition) is 2. The van der Waals surface area contributed by atoms with Crippen molar-refractivity contribution in [3.05, 3.63) is 117 Å². The van der Waals surface area contributed by atoms with Gasteiger partial charge in [0.05, 0.1) is 23.8 Å². The molecule has 3 aliphatic carbocycles. The van der Waals surface area contributed by atoms with Crippen LogP contribution < -0.4 is 14.2 Å². The van der Waals surface area contributed by atoms with Gasteiger partial charge in [-0.2, -0.15) is 0 Å². The molecule has 0 radical (unpaired) electrons. The molecule has 11 nitrogen and oxygen atoms in total. The summed E-state index contributed by atoms with van der Waals surface area (Å²) in [6, 6.07) is 20.0. The van der Waals surface area contributed by atoms with Crippen LogP contribution in [0.3, 0.4) is 0 Å². The molecule has 3 aromatic carbocycles. The minimum absolute atomic E-state index is 0.0173. The highest BCUT2D eigenvalue weighted by molar-refractivity contribution is 6.16. The Morgan fingerprint density at radius 2 is 1.60 bits per heavy atom. The zero-order valence-corrected chi connectivity index (χ0v) is 30.2. The lowest BCUT2D eigenvalue weighted by Crippen LogP contribution is -2.59. The summed E-state index contributed by atoms with van der Waals surface area (Å²) in [5.41, 5.74) is 0.799. The van der Waals surface area contributed by atoms with Crippen molar-refractivity contribution in [3.63, 3.8) is 0 Å². The summed E-state index contributed by atoms with van der Waals surface area (Å²) in [7, 11) is 5.22. The summed E-state index contributed by atoms with van der Waals surface area (Å²) < 4.78 is 30.3. The lowest BCUT2D eigenvalue weighted by molar-refractivity contribution is -0.0560. The Labute approximate surface area is 302 Å². The number of aliphatic hydroxyl groups is 2. The van der Waals surface area contributed by atoms with E-state index in [2.05, 4.69) is 5.16 Å². The number of ether oxygens (including phenoxy) is 4. The Kier molecular flexibility index (Phi) is 9.45. The molecule has 7 rings (SSSR count). The number of nitrogens with zero attached hydrogens (tertiary/aromatic N) is 2. The van der Waals surface area contributed by atoms with Crippen LogP contribution in [0.4, 0.5) is 0 Å². The zero-order chi connectivity index (χ0) is 36.9. The number of hydrogen-bond acceptors (Lipinski definition) is 11. The average molecular weight is 709 g/mol. The fraction of sp³-hybridized carbons (Fsp3) is 0.390. The SMILES string of the molecule is COC(C)c1cc(OCc2ccccc2)c2c(c1OC(C)C)C[C@H]1C[C@H]3[C@H](N(C)C)c4onc(OCc5ccccc5)c4C(=O)[C@@]3(O)C(O)=C1C2=O. The van der Waals surface area contributed by atoms with E-state index in [4.69, 9.17) is 23.5 Å². The van der Waals surface area contributed by atoms with Crippen LogP contribution >= 0.6 is 0 Å². The number of rotatable bonds is 11. The van der Waals surface area contributed by atoms with Crippen molar-refractivity contribution in [2.45, 2.75) is 70.7 Å². The number of allylic oxidation sites excluding steroid dienone is 1. The third-order valence-electron chi connectivity index (χ3n) is 10.5. The molecule has 0 bridgehead atoms. The number of aromatic nitrogens is 1. The van der Waals surface area contributed by atoms with Crippen LogP contribution in [0.2, 0.25) is 0 Å². The highest BCUT2D eigenvalue weighted by Crippen LogP contribution is 2.57. The Hall–Kier alpha value is -4.97. The number of methoxy groups -OCH3 is 1. The van der Waals surface area contributed by atoms with Crippen LogP contribution in [-0.2, 0) is 24.4 Å². The molecule has 0 amide bonds. The summed E-state index contributed by atoms with van der Waals surface area (Å²) in [6.45, 7) is 6.01. The Balaban J connectivity index is 1.36. The molecule has 11 heteroatoms. The second-order valence-corrected chi connectivity index (χ2v) is 14.3. The van der Waals surface area contributed by atoms with Crippen molar-refractivity contribution in [3.8, 4) is 17.4 Å². The molecule has 52 heavy (non-hydrogen) atoms. The van der Waals surface area contributed by atoms with E-state index in [9.17, 15) is 19.8 Å². The normalized spacial score (nSPS) is 22.8. The molecular weight excluding hydrogens is 664 g/mol. The van der Waals surface area contributed by atoms with Gasteiger partial charge in [-0.25, -0.2) is 0 Å². The lowest BCUT2D eigenvalue weighted by Gasteiger charge is -2.49. The van der Waals surface area contributed by atoms with Gasteiger partial charge < -0.3 is 33.7 Å². The van der Waals surface area contributed by atoms with E-state index in [0.717, 1.165) is 16.7 Å². The number of fused-ring (bicyclic) bond motifs is 4. The van der Waals surface area contributed by atoms with Crippen molar-refractivity contribution in [1.29, 1.82) is 0 Å². The highest BCUT2D eigenvalue weighted by atomic mass is 16.5. The molecule has 0 spiro atoms. The van der Waals surface area contributed by atoms with E-state index in [0.29, 0.717) is 17.1 Å². The first-order valence-electron chi connectivity index (χ1n) is 17.6. The standard InChI is InChI=1S/C41H44N2O9/c1-22(2)51-36-27(23(3)48-6)19-30(49-20-24-13-9-7-10-14-24)32-28(36)17-26-18-29-34(43(4)5)37-33(39(46)41(29,47)38(45)31(26)35(32)44)40(42-52-37)50-21-25-15-11-8-12-16-25/h7-16,19,22-23,26,29,34,45,47H,17-18,20-21H2,1-6H3/t23?,26-,29-,34-,41-/m0/s1. The van der Waals surface area contributed by atoms with Crippen molar-refractivity contribution < 1.29 is 43.3 Å². The second kappa shape index (κ2) is 13.9. The van der Waals surface area contributed by atoms with Gasteiger partial charge in [0.15, 0.2) is 17.1 Å². The molecule has 1 aromatic heterocycles. The van der Waals surface area contributed by atoms with E-state index in [1.807, 2.05) is 86.3 Å². The zero-order valence-electron chi connectivity index (χ0n) is 30.2. The molecule has 3 aliphatic rings. The van der Waals surface area contributed by atoms with Crippen LogP contribution in [0.1, 0.15) is 88.1 Å². The molecular formula is C41H44N2O9. The third-order valence-corrected chi connectivity index (χ3v) is 10.5. The Morgan fingerprint density at radius 3 is 2.19 bits per heavy atom. The Morgan fingerprint density at radius 1 is 0.962 bits per heavy atom. The number of benzene rings is 3. The minimum atomic E-state index is -2.45. The molecule has 0 saturated carbocycles. The summed E-state index contributed by atoms with van der Waals surface area (Å²) in [4.78, 5) is 31.2. The van der Waals surface area contributed by atoms with E-state index in [1.165, 1.54) is 0 Å². The first kappa shape index (κ1) is 35.4. The quantitative estimate of drug-likeness (QED) is 0.171. The van der Waals surface area contributed by atoms with Crippen LogP contribution in [0.15, 0.2) is 82.6 Å².